The van der Waals surface area contributed by atoms with Crippen molar-refractivity contribution in [2.75, 3.05) is 50.1 Å². The number of aromatic nitrogens is 4. The molecule has 2 aromatic carbocycles. The lowest BCUT2D eigenvalue weighted by atomic mass is 10.3. The number of para-hydroxylation sites is 1. The molecule has 2 N–H and O–H groups in total. The van der Waals surface area contributed by atoms with E-state index in [4.69, 9.17) is 19.4 Å². The predicted molar refractivity (Wildman–Crippen MR) is 138 cm³/mol. The number of imidazole rings is 1. The lowest BCUT2D eigenvalue weighted by Gasteiger charge is -2.26. The summed E-state index contributed by atoms with van der Waals surface area (Å²) in [6.45, 7) is 9.34. The minimum absolute atomic E-state index is 0.169. The Bertz CT molecular complexity index is 1240. The van der Waals surface area contributed by atoms with Crippen molar-refractivity contribution in [2.24, 2.45) is 0 Å². The molecule has 9 nitrogen and oxygen atoms in total. The molecule has 182 valence electrons. The Morgan fingerprint density at radius 1 is 0.943 bits per heavy atom. The highest BCUT2D eigenvalue weighted by Crippen LogP contribution is 2.27. The summed E-state index contributed by atoms with van der Waals surface area (Å²) in [4.78, 5) is 16.3. The third-order valence-corrected chi connectivity index (χ3v) is 5.87. The highest BCUT2D eigenvalue weighted by molar-refractivity contribution is 5.77. The van der Waals surface area contributed by atoms with Gasteiger partial charge in [-0.05, 0) is 50.2 Å². The molecule has 1 aliphatic rings. The number of hydrogen-bond acceptors (Lipinski definition) is 8. The summed E-state index contributed by atoms with van der Waals surface area (Å²) in [5.74, 6) is 2.10. The molecule has 0 unspecified atom stereocenters. The highest BCUT2D eigenvalue weighted by Gasteiger charge is 2.16. The van der Waals surface area contributed by atoms with Crippen LogP contribution in [0, 0.1) is 0 Å². The van der Waals surface area contributed by atoms with Crippen LogP contribution in [0.3, 0.4) is 0 Å². The Balaban J connectivity index is 1.26. The molecule has 4 aromatic rings. The standard InChI is InChI=1S/C26H31N7O2/c1-19(2)33-24-23(30-26(33)29-20-6-4-3-5-7-20)18-27-25(31-24)28-21-8-10-22(11-9-21)35-17-14-32-12-15-34-16-13-32/h3-11,18-19H,12-17H2,1-2H3,(H,29,30)(H,27,28,31). The Hall–Kier alpha value is -3.69. The molecule has 0 saturated carbocycles. The average Bonchev–Trinajstić information content (AvgIpc) is 3.24. The minimum Gasteiger partial charge on any atom is -0.492 e. The number of nitrogens with one attached hydrogen (secondary N) is 2. The Kier molecular flexibility index (Phi) is 7.06. The lowest BCUT2D eigenvalue weighted by molar-refractivity contribution is 0.0322. The van der Waals surface area contributed by atoms with Crippen LogP contribution in [-0.2, 0) is 4.74 Å². The first-order chi connectivity index (χ1) is 17.2. The molecule has 0 spiro atoms. The number of morpholine rings is 1. The van der Waals surface area contributed by atoms with Gasteiger partial charge in [0, 0.05) is 37.1 Å². The number of nitrogens with zero attached hydrogens (tertiary/aromatic N) is 5. The Morgan fingerprint density at radius 3 is 2.43 bits per heavy atom. The predicted octanol–water partition coefficient (Wildman–Crippen LogP) is 4.61. The van der Waals surface area contributed by atoms with Crippen molar-refractivity contribution in [3.63, 3.8) is 0 Å². The summed E-state index contributed by atoms with van der Waals surface area (Å²) in [6.07, 6.45) is 1.75. The number of benzene rings is 2. The van der Waals surface area contributed by atoms with Gasteiger partial charge < -0.3 is 20.1 Å². The SMILES string of the molecule is CC(C)n1c(Nc2ccccc2)nc2cnc(Nc3ccc(OCCN4CCOCC4)cc3)nc21. The zero-order valence-corrected chi connectivity index (χ0v) is 20.1. The van der Waals surface area contributed by atoms with Crippen LogP contribution in [0.15, 0.2) is 60.8 Å². The van der Waals surface area contributed by atoms with Gasteiger partial charge in [-0.3, -0.25) is 9.47 Å². The van der Waals surface area contributed by atoms with E-state index in [9.17, 15) is 0 Å². The summed E-state index contributed by atoms with van der Waals surface area (Å²) >= 11 is 0. The summed E-state index contributed by atoms with van der Waals surface area (Å²) in [6, 6.07) is 18.0. The van der Waals surface area contributed by atoms with Crippen molar-refractivity contribution in [3.8, 4) is 5.75 Å². The first kappa shape index (κ1) is 23.1. The van der Waals surface area contributed by atoms with Crippen LogP contribution in [0.4, 0.5) is 23.3 Å². The third-order valence-electron chi connectivity index (χ3n) is 5.87. The zero-order valence-electron chi connectivity index (χ0n) is 20.1. The number of anilines is 4. The second-order valence-corrected chi connectivity index (χ2v) is 8.74. The molecule has 0 amide bonds. The zero-order chi connectivity index (χ0) is 24.0. The van der Waals surface area contributed by atoms with Crippen molar-refractivity contribution >= 4 is 34.4 Å². The summed E-state index contributed by atoms with van der Waals surface area (Å²) in [7, 11) is 0. The molecule has 5 rings (SSSR count). The molecule has 0 radical (unpaired) electrons. The van der Waals surface area contributed by atoms with Crippen molar-refractivity contribution in [1.82, 2.24) is 24.4 Å². The monoisotopic (exact) mass is 473 g/mol. The van der Waals surface area contributed by atoms with Crippen molar-refractivity contribution in [2.45, 2.75) is 19.9 Å². The maximum atomic E-state index is 5.91. The van der Waals surface area contributed by atoms with E-state index in [1.54, 1.807) is 6.20 Å². The van der Waals surface area contributed by atoms with Crippen LogP contribution in [0.5, 0.6) is 5.75 Å². The lowest BCUT2D eigenvalue weighted by Crippen LogP contribution is -2.38. The van der Waals surface area contributed by atoms with Gasteiger partial charge in [0.15, 0.2) is 5.65 Å². The number of rotatable bonds is 9. The van der Waals surface area contributed by atoms with E-state index in [0.717, 1.165) is 67.1 Å². The van der Waals surface area contributed by atoms with Gasteiger partial charge in [0.2, 0.25) is 11.9 Å². The molecule has 9 heteroatoms. The van der Waals surface area contributed by atoms with Crippen molar-refractivity contribution in [1.29, 1.82) is 0 Å². The average molecular weight is 474 g/mol. The van der Waals surface area contributed by atoms with Crippen LogP contribution in [0.1, 0.15) is 19.9 Å². The summed E-state index contributed by atoms with van der Waals surface area (Å²) in [5.41, 5.74) is 3.39. The van der Waals surface area contributed by atoms with E-state index in [1.807, 2.05) is 54.6 Å². The molecule has 1 saturated heterocycles. The van der Waals surface area contributed by atoms with E-state index >= 15 is 0 Å². The smallest absolute Gasteiger partial charge is 0.229 e. The molecule has 0 bridgehead atoms. The van der Waals surface area contributed by atoms with Gasteiger partial charge in [0.1, 0.15) is 17.9 Å². The van der Waals surface area contributed by atoms with Gasteiger partial charge in [-0.1, -0.05) is 18.2 Å². The first-order valence-electron chi connectivity index (χ1n) is 12.0. The molecule has 0 atom stereocenters. The van der Waals surface area contributed by atoms with E-state index in [1.165, 1.54) is 0 Å². The first-order valence-corrected chi connectivity index (χ1v) is 12.0. The third kappa shape index (κ3) is 5.70. The maximum Gasteiger partial charge on any atom is 0.229 e. The topological polar surface area (TPSA) is 89.4 Å². The van der Waals surface area contributed by atoms with E-state index in [0.29, 0.717) is 12.6 Å². The van der Waals surface area contributed by atoms with Gasteiger partial charge in [-0.2, -0.15) is 4.98 Å². The van der Waals surface area contributed by atoms with Gasteiger partial charge in [-0.15, -0.1) is 0 Å². The second kappa shape index (κ2) is 10.7. The maximum absolute atomic E-state index is 5.91. The van der Waals surface area contributed by atoms with Gasteiger partial charge in [0.25, 0.3) is 0 Å². The number of ether oxygens (including phenoxy) is 2. The molecule has 1 fully saturated rings. The quantitative estimate of drug-likeness (QED) is 0.364. The van der Waals surface area contributed by atoms with Gasteiger partial charge in [0.05, 0.1) is 19.4 Å². The van der Waals surface area contributed by atoms with Crippen LogP contribution in [-0.4, -0.2) is 63.9 Å². The van der Waals surface area contributed by atoms with E-state index < -0.39 is 0 Å². The molecule has 3 heterocycles. The highest BCUT2D eigenvalue weighted by atomic mass is 16.5. The molecule has 1 aliphatic heterocycles. The second-order valence-electron chi connectivity index (χ2n) is 8.74. The largest absolute Gasteiger partial charge is 0.492 e. The molecule has 35 heavy (non-hydrogen) atoms. The van der Waals surface area contributed by atoms with Crippen LogP contribution in [0.2, 0.25) is 0 Å². The molecular formula is C26H31N7O2. The minimum atomic E-state index is 0.169. The fourth-order valence-corrected chi connectivity index (χ4v) is 4.06. The fraction of sp³-hybridized carbons (Fsp3) is 0.346. The fourth-order valence-electron chi connectivity index (χ4n) is 4.06. The molecular weight excluding hydrogens is 442 g/mol. The van der Waals surface area contributed by atoms with Gasteiger partial charge >= 0.3 is 0 Å². The Morgan fingerprint density at radius 2 is 1.69 bits per heavy atom. The van der Waals surface area contributed by atoms with E-state index in [2.05, 4.69) is 38.9 Å². The molecule has 2 aromatic heterocycles. The number of hydrogen-bond donors (Lipinski definition) is 2. The number of fused-ring (bicyclic) bond motifs is 1. The van der Waals surface area contributed by atoms with Crippen LogP contribution >= 0.6 is 0 Å². The van der Waals surface area contributed by atoms with Crippen LogP contribution < -0.4 is 15.4 Å². The van der Waals surface area contributed by atoms with Crippen molar-refractivity contribution in [3.05, 3.63) is 60.8 Å². The Labute approximate surface area is 205 Å². The summed E-state index contributed by atoms with van der Waals surface area (Å²) < 4.78 is 13.4. The molecule has 0 aliphatic carbocycles. The van der Waals surface area contributed by atoms with Gasteiger partial charge in [-0.25, -0.2) is 9.97 Å². The van der Waals surface area contributed by atoms with Crippen LogP contribution in [0.25, 0.3) is 11.2 Å². The van der Waals surface area contributed by atoms with E-state index in [-0.39, 0.29) is 6.04 Å². The normalized spacial score (nSPS) is 14.4. The summed E-state index contributed by atoms with van der Waals surface area (Å²) in [5, 5.41) is 6.69. The van der Waals surface area contributed by atoms with Crippen molar-refractivity contribution < 1.29 is 9.47 Å².